The van der Waals surface area contributed by atoms with Crippen LogP contribution >= 0.6 is 0 Å². The minimum absolute atomic E-state index is 0.0337. The highest BCUT2D eigenvalue weighted by Gasteiger charge is 2.19. The van der Waals surface area contributed by atoms with Gasteiger partial charge in [-0.05, 0) is 38.0 Å². The van der Waals surface area contributed by atoms with Gasteiger partial charge in [0.05, 0.1) is 11.3 Å². The number of aryl methyl sites for hydroxylation is 3. The van der Waals surface area contributed by atoms with E-state index in [-0.39, 0.29) is 30.0 Å². The van der Waals surface area contributed by atoms with E-state index in [9.17, 15) is 24.5 Å². The van der Waals surface area contributed by atoms with Gasteiger partial charge in [-0.3, -0.25) is 24.5 Å². The van der Waals surface area contributed by atoms with Crippen molar-refractivity contribution in [2.75, 3.05) is 11.9 Å². The summed E-state index contributed by atoms with van der Waals surface area (Å²) < 4.78 is 4.88. The van der Waals surface area contributed by atoms with Gasteiger partial charge in [0.2, 0.25) is 0 Å². The fourth-order valence-corrected chi connectivity index (χ4v) is 2.75. The van der Waals surface area contributed by atoms with E-state index in [2.05, 4.69) is 5.32 Å². The number of Topliss-reactive ketones (excluding diaryl/α,β-unsaturated/α-hetero) is 1. The average molecular weight is 398 g/mol. The maximum Gasteiger partial charge on any atom is 0.306 e. The molecule has 2 aromatic carbocycles. The Morgan fingerprint density at radius 1 is 1.03 bits per heavy atom. The zero-order valence-corrected chi connectivity index (χ0v) is 16.5. The van der Waals surface area contributed by atoms with Gasteiger partial charge in [-0.25, -0.2) is 0 Å². The van der Waals surface area contributed by atoms with Crippen molar-refractivity contribution in [3.63, 3.8) is 0 Å². The largest absolute Gasteiger partial charge is 0.456 e. The molecule has 8 heteroatoms. The van der Waals surface area contributed by atoms with E-state index in [1.807, 2.05) is 26.0 Å². The van der Waals surface area contributed by atoms with Crippen LogP contribution < -0.4 is 5.32 Å². The molecule has 1 amide bonds. The lowest BCUT2D eigenvalue weighted by molar-refractivity contribution is -0.384. The van der Waals surface area contributed by atoms with Crippen molar-refractivity contribution in [2.24, 2.45) is 0 Å². The van der Waals surface area contributed by atoms with Crippen molar-refractivity contribution in [1.82, 2.24) is 0 Å². The third kappa shape index (κ3) is 5.97. The Labute approximate surface area is 168 Å². The highest BCUT2D eigenvalue weighted by molar-refractivity contribution is 5.99. The van der Waals surface area contributed by atoms with Gasteiger partial charge in [0.15, 0.2) is 12.4 Å². The second-order valence-electron chi connectivity index (χ2n) is 6.68. The Balaban J connectivity index is 1.87. The average Bonchev–Trinajstić information content (AvgIpc) is 2.67. The van der Waals surface area contributed by atoms with Gasteiger partial charge in [0.25, 0.3) is 11.6 Å². The van der Waals surface area contributed by atoms with Crippen molar-refractivity contribution in [2.45, 2.75) is 33.6 Å². The lowest BCUT2D eigenvalue weighted by Gasteiger charge is -2.09. The molecule has 2 rings (SSSR count). The highest BCUT2D eigenvalue weighted by Crippen LogP contribution is 2.27. The second-order valence-corrected chi connectivity index (χ2v) is 6.68. The number of nitro groups is 1. The Morgan fingerprint density at radius 3 is 2.45 bits per heavy atom. The topological polar surface area (TPSA) is 116 Å². The molecule has 0 spiro atoms. The third-order valence-electron chi connectivity index (χ3n) is 4.33. The minimum atomic E-state index is -0.698. The molecule has 0 aliphatic carbocycles. The van der Waals surface area contributed by atoms with E-state index in [0.29, 0.717) is 11.1 Å². The molecule has 152 valence electrons. The number of carbonyl (C=O) groups excluding carboxylic acids is 3. The zero-order valence-electron chi connectivity index (χ0n) is 16.5. The van der Waals surface area contributed by atoms with Crippen LogP contribution in [0.15, 0.2) is 36.4 Å². The number of benzene rings is 2. The van der Waals surface area contributed by atoms with Crippen molar-refractivity contribution in [3.05, 3.63) is 68.8 Å². The molecular weight excluding hydrogens is 376 g/mol. The summed E-state index contributed by atoms with van der Waals surface area (Å²) in [5, 5.41) is 13.5. The smallest absolute Gasteiger partial charge is 0.306 e. The molecule has 0 saturated carbocycles. The van der Waals surface area contributed by atoms with Crippen LogP contribution in [0.5, 0.6) is 0 Å². The van der Waals surface area contributed by atoms with E-state index < -0.39 is 23.4 Å². The predicted octanol–water partition coefficient (Wildman–Crippen LogP) is 3.66. The monoisotopic (exact) mass is 398 g/mol. The van der Waals surface area contributed by atoms with Gasteiger partial charge in [0.1, 0.15) is 5.69 Å². The maximum atomic E-state index is 12.3. The van der Waals surface area contributed by atoms with E-state index in [1.54, 1.807) is 19.1 Å². The number of ketones is 1. The summed E-state index contributed by atoms with van der Waals surface area (Å²) >= 11 is 0. The summed E-state index contributed by atoms with van der Waals surface area (Å²) in [5.74, 6) is -1.57. The Bertz CT molecular complexity index is 968. The molecule has 0 radical (unpaired) electrons. The number of nitrogens with zero attached hydrogens (tertiary/aromatic N) is 1. The summed E-state index contributed by atoms with van der Waals surface area (Å²) in [4.78, 5) is 46.6. The van der Waals surface area contributed by atoms with Gasteiger partial charge in [0, 0.05) is 18.1 Å². The summed E-state index contributed by atoms with van der Waals surface area (Å²) in [6.07, 6.45) is -0.196. The van der Waals surface area contributed by atoms with Crippen LogP contribution in [0.2, 0.25) is 0 Å². The first kappa shape index (κ1) is 21.7. The lowest BCUT2D eigenvalue weighted by atomic mass is 9.99. The Morgan fingerprint density at radius 2 is 1.76 bits per heavy atom. The molecule has 0 aromatic heterocycles. The fraction of sp³-hybridized carbons (Fsp3) is 0.286. The van der Waals surface area contributed by atoms with Crippen LogP contribution in [0.1, 0.15) is 39.9 Å². The van der Waals surface area contributed by atoms with E-state index >= 15 is 0 Å². The van der Waals surface area contributed by atoms with Crippen molar-refractivity contribution in [1.29, 1.82) is 0 Å². The number of amides is 1. The first-order valence-corrected chi connectivity index (χ1v) is 8.99. The van der Waals surface area contributed by atoms with Gasteiger partial charge in [-0.2, -0.15) is 0 Å². The summed E-state index contributed by atoms with van der Waals surface area (Å²) in [6, 6.07) is 9.91. The molecule has 0 heterocycles. The van der Waals surface area contributed by atoms with Crippen molar-refractivity contribution < 1.29 is 24.0 Å². The number of nitrogens with one attached hydrogen (secondary N) is 1. The van der Waals surface area contributed by atoms with Gasteiger partial charge < -0.3 is 10.1 Å². The molecule has 0 fully saturated rings. The van der Waals surface area contributed by atoms with E-state index in [0.717, 1.165) is 11.1 Å². The van der Waals surface area contributed by atoms with Crippen LogP contribution in [0, 0.1) is 30.9 Å². The molecular formula is C21H22N2O6. The number of nitro benzene ring substituents is 1. The standard InChI is InChI=1S/C21H22N2O6/c1-13-7-8-14(2)16(11-13)18(24)9-10-20(26)29-12-19(25)22-21-15(3)5-4-6-17(21)23(27)28/h4-8,11H,9-10,12H2,1-3H3,(H,22,25). The van der Waals surface area contributed by atoms with Crippen molar-refractivity contribution >= 4 is 29.0 Å². The van der Waals surface area contributed by atoms with Gasteiger partial charge in [-0.15, -0.1) is 0 Å². The van der Waals surface area contributed by atoms with Crippen LogP contribution in [0.3, 0.4) is 0 Å². The number of carbonyl (C=O) groups is 3. The molecule has 2 aromatic rings. The summed E-state index contributed by atoms with van der Waals surface area (Å²) in [6.45, 7) is 4.72. The number of hydrogen-bond acceptors (Lipinski definition) is 6. The second kappa shape index (κ2) is 9.59. The molecule has 29 heavy (non-hydrogen) atoms. The number of hydrogen-bond donors (Lipinski definition) is 1. The summed E-state index contributed by atoms with van der Waals surface area (Å²) in [5.41, 5.74) is 2.66. The molecule has 0 bridgehead atoms. The van der Waals surface area contributed by atoms with Gasteiger partial charge >= 0.3 is 5.97 Å². The molecule has 0 aliphatic heterocycles. The Kier molecular flexibility index (Phi) is 7.19. The zero-order chi connectivity index (χ0) is 21.6. The maximum absolute atomic E-state index is 12.3. The molecule has 0 unspecified atom stereocenters. The number of esters is 1. The quantitative estimate of drug-likeness (QED) is 0.314. The lowest BCUT2D eigenvalue weighted by Crippen LogP contribution is -2.22. The van der Waals surface area contributed by atoms with E-state index in [1.165, 1.54) is 12.1 Å². The van der Waals surface area contributed by atoms with Crippen LogP contribution in [-0.4, -0.2) is 29.2 Å². The first-order chi connectivity index (χ1) is 13.7. The normalized spacial score (nSPS) is 10.3. The van der Waals surface area contributed by atoms with Crippen molar-refractivity contribution in [3.8, 4) is 0 Å². The molecule has 0 atom stereocenters. The predicted molar refractivity (Wildman–Crippen MR) is 107 cm³/mol. The number of rotatable bonds is 8. The summed E-state index contributed by atoms with van der Waals surface area (Å²) in [7, 11) is 0. The van der Waals surface area contributed by atoms with Gasteiger partial charge in [-0.1, -0.05) is 29.8 Å². The number of anilines is 1. The third-order valence-corrected chi connectivity index (χ3v) is 4.33. The number of ether oxygens (including phenoxy) is 1. The molecule has 8 nitrogen and oxygen atoms in total. The van der Waals surface area contributed by atoms with Crippen LogP contribution in [-0.2, 0) is 14.3 Å². The first-order valence-electron chi connectivity index (χ1n) is 8.99. The highest BCUT2D eigenvalue weighted by atomic mass is 16.6. The van der Waals surface area contributed by atoms with Crippen LogP contribution in [0.4, 0.5) is 11.4 Å². The fourth-order valence-electron chi connectivity index (χ4n) is 2.75. The minimum Gasteiger partial charge on any atom is -0.456 e. The molecule has 1 N–H and O–H groups in total. The Hall–Kier alpha value is -3.55. The number of para-hydroxylation sites is 1. The molecule has 0 saturated heterocycles. The van der Waals surface area contributed by atoms with Crippen LogP contribution in [0.25, 0.3) is 0 Å². The van der Waals surface area contributed by atoms with E-state index in [4.69, 9.17) is 4.74 Å². The molecule has 0 aliphatic rings. The SMILES string of the molecule is Cc1ccc(C)c(C(=O)CCC(=O)OCC(=O)Nc2c(C)cccc2[N+](=O)[O-])c1.